The summed E-state index contributed by atoms with van der Waals surface area (Å²) in [6.07, 6.45) is 3.88. The fraction of sp³-hybridized carbons (Fsp3) is 0.643. The number of likely N-dealkylation sites (tertiary alicyclic amines) is 1. The van der Waals surface area contributed by atoms with Crippen LogP contribution in [0.1, 0.15) is 23.8 Å². The van der Waals surface area contributed by atoms with Crippen molar-refractivity contribution in [2.45, 2.75) is 25.6 Å². The number of carbonyl (C=O) groups excluding carboxylic acids is 1. The highest BCUT2D eigenvalue weighted by molar-refractivity contribution is 5.92. The molecule has 1 N–H and O–H groups in total. The first-order valence-corrected chi connectivity index (χ1v) is 7.10. The Hall–Kier alpha value is -1.73. The number of ether oxygens (including phenoxy) is 2. The molecule has 21 heavy (non-hydrogen) atoms. The SMILES string of the molecule is CCCNc1cncc(C(=O)N2CC(OC)C(OC)C2)n1. The summed E-state index contributed by atoms with van der Waals surface area (Å²) in [6, 6.07) is 0. The Balaban J connectivity index is 2.06. The molecule has 2 unspecified atom stereocenters. The molecule has 2 rings (SSSR count). The van der Waals surface area contributed by atoms with E-state index in [1.165, 1.54) is 6.20 Å². The van der Waals surface area contributed by atoms with Crippen LogP contribution in [0.15, 0.2) is 12.4 Å². The predicted octanol–water partition coefficient (Wildman–Crippen LogP) is 0.784. The molecule has 0 aliphatic carbocycles. The van der Waals surface area contributed by atoms with Crippen molar-refractivity contribution >= 4 is 11.7 Å². The highest BCUT2D eigenvalue weighted by Crippen LogP contribution is 2.18. The number of amides is 1. The van der Waals surface area contributed by atoms with Crippen molar-refractivity contribution in [2.75, 3.05) is 39.2 Å². The summed E-state index contributed by atoms with van der Waals surface area (Å²) in [6.45, 7) is 3.87. The maximum Gasteiger partial charge on any atom is 0.274 e. The Morgan fingerprint density at radius 3 is 2.57 bits per heavy atom. The molecule has 0 radical (unpaired) electrons. The molecule has 116 valence electrons. The topological polar surface area (TPSA) is 76.6 Å². The minimum absolute atomic E-state index is 0.103. The zero-order valence-electron chi connectivity index (χ0n) is 12.7. The molecule has 0 spiro atoms. The second-order valence-corrected chi connectivity index (χ2v) is 4.97. The summed E-state index contributed by atoms with van der Waals surface area (Å²) >= 11 is 0. The van der Waals surface area contributed by atoms with Crippen molar-refractivity contribution in [1.29, 1.82) is 0 Å². The molecule has 1 saturated heterocycles. The number of hydrogen-bond donors (Lipinski definition) is 1. The first-order valence-electron chi connectivity index (χ1n) is 7.10. The van der Waals surface area contributed by atoms with Gasteiger partial charge in [0.25, 0.3) is 5.91 Å². The van der Waals surface area contributed by atoms with Gasteiger partial charge in [-0.25, -0.2) is 4.98 Å². The average molecular weight is 294 g/mol. The van der Waals surface area contributed by atoms with Crippen LogP contribution in [0.3, 0.4) is 0 Å². The predicted molar refractivity (Wildman–Crippen MR) is 78.3 cm³/mol. The third-order valence-electron chi connectivity index (χ3n) is 3.52. The van der Waals surface area contributed by atoms with Gasteiger partial charge in [-0.1, -0.05) is 6.92 Å². The van der Waals surface area contributed by atoms with Gasteiger partial charge in [-0.2, -0.15) is 0 Å². The standard InChI is InChI=1S/C14H22N4O3/c1-4-5-16-13-7-15-6-10(17-13)14(19)18-8-11(20-2)12(9-18)21-3/h6-7,11-12H,4-5,8-9H2,1-3H3,(H,16,17). The molecule has 2 atom stereocenters. The van der Waals surface area contributed by atoms with Gasteiger partial charge in [0.05, 0.1) is 12.4 Å². The van der Waals surface area contributed by atoms with E-state index in [0.717, 1.165) is 13.0 Å². The molecular weight excluding hydrogens is 272 g/mol. The molecule has 0 bridgehead atoms. The van der Waals surface area contributed by atoms with E-state index in [1.54, 1.807) is 25.3 Å². The van der Waals surface area contributed by atoms with Crippen molar-refractivity contribution in [2.24, 2.45) is 0 Å². The lowest BCUT2D eigenvalue weighted by atomic mass is 10.3. The number of methoxy groups -OCH3 is 2. The first kappa shape index (κ1) is 15.7. The van der Waals surface area contributed by atoms with Gasteiger partial charge < -0.3 is 19.7 Å². The van der Waals surface area contributed by atoms with E-state index in [0.29, 0.717) is 24.6 Å². The summed E-state index contributed by atoms with van der Waals surface area (Å²) in [4.78, 5) is 22.6. The number of hydrogen-bond acceptors (Lipinski definition) is 6. The lowest BCUT2D eigenvalue weighted by Gasteiger charge is -2.15. The fourth-order valence-electron chi connectivity index (χ4n) is 2.33. The summed E-state index contributed by atoms with van der Waals surface area (Å²) in [5.41, 5.74) is 0.336. The molecule has 1 fully saturated rings. The number of rotatable bonds is 6. The summed E-state index contributed by atoms with van der Waals surface area (Å²) in [5.74, 6) is 0.470. The van der Waals surface area contributed by atoms with Crippen LogP contribution in [0.4, 0.5) is 5.82 Å². The average Bonchev–Trinajstić information content (AvgIpc) is 2.95. The molecular formula is C14H22N4O3. The molecule has 1 aromatic rings. The molecule has 1 aromatic heterocycles. The number of carbonyl (C=O) groups is 1. The van der Waals surface area contributed by atoms with Crippen LogP contribution in [0.5, 0.6) is 0 Å². The molecule has 1 aliphatic rings. The quantitative estimate of drug-likeness (QED) is 0.835. The molecule has 1 aliphatic heterocycles. The van der Waals surface area contributed by atoms with Crippen LogP contribution in [0.2, 0.25) is 0 Å². The van der Waals surface area contributed by atoms with Crippen LogP contribution in [-0.2, 0) is 9.47 Å². The van der Waals surface area contributed by atoms with Crippen molar-refractivity contribution in [3.8, 4) is 0 Å². The molecule has 0 saturated carbocycles. The third-order valence-corrected chi connectivity index (χ3v) is 3.52. The second-order valence-electron chi connectivity index (χ2n) is 4.97. The van der Waals surface area contributed by atoms with Crippen LogP contribution in [0, 0.1) is 0 Å². The van der Waals surface area contributed by atoms with Gasteiger partial charge in [0.1, 0.15) is 23.7 Å². The van der Waals surface area contributed by atoms with E-state index >= 15 is 0 Å². The van der Waals surface area contributed by atoms with E-state index in [1.807, 2.05) is 0 Å². The Morgan fingerprint density at radius 2 is 2.00 bits per heavy atom. The van der Waals surface area contributed by atoms with Gasteiger partial charge in [0, 0.05) is 33.9 Å². The summed E-state index contributed by atoms with van der Waals surface area (Å²) < 4.78 is 10.7. The van der Waals surface area contributed by atoms with Gasteiger partial charge in [-0.3, -0.25) is 9.78 Å². The van der Waals surface area contributed by atoms with E-state index in [2.05, 4.69) is 22.2 Å². The Bertz CT molecular complexity index is 471. The van der Waals surface area contributed by atoms with Crippen molar-refractivity contribution < 1.29 is 14.3 Å². The normalized spacial score (nSPS) is 21.6. The Morgan fingerprint density at radius 1 is 1.33 bits per heavy atom. The zero-order valence-corrected chi connectivity index (χ0v) is 12.7. The largest absolute Gasteiger partial charge is 0.377 e. The van der Waals surface area contributed by atoms with Gasteiger partial charge in [0.2, 0.25) is 0 Å². The van der Waals surface area contributed by atoms with Gasteiger partial charge >= 0.3 is 0 Å². The number of nitrogens with zero attached hydrogens (tertiary/aromatic N) is 3. The molecule has 7 nitrogen and oxygen atoms in total. The first-order chi connectivity index (χ1) is 10.2. The fourth-order valence-corrected chi connectivity index (χ4v) is 2.33. The highest BCUT2D eigenvalue weighted by Gasteiger charge is 2.36. The molecule has 1 amide bonds. The van der Waals surface area contributed by atoms with Crippen LogP contribution < -0.4 is 5.32 Å². The van der Waals surface area contributed by atoms with Crippen molar-refractivity contribution in [1.82, 2.24) is 14.9 Å². The van der Waals surface area contributed by atoms with E-state index in [9.17, 15) is 4.79 Å². The van der Waals surface area contributed by atoms with Crippen molar-refractivity contribution in [3.63, 3.8) is 0 Å². The van der Waals surface area contributed by atoms with Gasteiger partial charge in [-0.05, 0) is 6.42 Å². The van der Waals surface area contributed by atoms with Gasteiger partial charge in [0.15, 0.2) is 0 Å². The second kappa shape index (κ2) is 7.33. The minimum Gasteiger partial charge on any atom is -0.377 e. The van der Waals surface area contributed by atoms with Crippen LogP contribution >= 0.6 is 0 Å². The zero-order chi connectivity index (χ0) is 15.2. The van der Waals surface area contributed by atoms with E-state index in [-0.39, 0.29) is 18.1 Å². The molecule has 0 aromatic carbocycles. The number of anilines is 1. The Labute approximate surface area is 124 Å². The third kappa shape index (κ3) is 3.68. The number of aromatic nitrogens is 2. The minimum atomic E-state index is -0.149. The maximum absolute atomic E-state index is 12.5. The van der Waals surface area contributed by atoms with Crippen molar-refractivity contribution in [3.05, 3.63) is 18.1 Å². The molecule has 7 heteroatoms. The monoisotopic (exact) mass is 294 g/mol. The lowest BCUT2D eigenvalue weighted by molar-refractivity contribution is -0.00461. The smallest absolute Gasteiger partial charge is 0.274 e. The van der Waals surface area contributed by atoms with Crippen LogP contribution in [-0.4, -0.2) is 66.8 Å². The summed E-state index contributed by atoms with van der Waals surface area (Å²) in [7, 11) is 3.25. The highest BCUT2D eigenvalue weighted by atomic mass is 16.5. The summed E-state index contributed by atoms with van der Waals surface area (Å²) in [5, 5.41) is 3.13. The molecule has 2 heterocycles. The van der Waals surface area contributed by atoms with E-state index in [4.69, 9.17) is 9.47 Å². The van der Waals surface area contributed by atoms with Crippen LogP contribution in [0.25, 0.3) is 0 Å². The van der Waals surface area contributed by atoms with E-state index < -0.39 is 0 Å². The number of nitrogens with one attached hydrogen (secondary N) is 1. The maximum atomic E-state index is 12.5. The lowest BCUT2D eigenvalue weighted by Crippen LogP contribution is -2.31. The Kier molecular flexibility index (Phi) is 5.46. The van der Waals surface area contributed by atoms with Gasteiger partial charge in [-0.15, -0.1) is 0 Å².